The Morgan fingerprint density at radius 3 is 2.79 bits per heavy atom. The van der Waals surface area contributed by atoms with E-state index in [0.717, 1.165) is 5.75 Å². The molecule has 14 heavy (non-hydrogen) atoms. The van der Waals surface area contributed by atoms with Crippen LogP contribution in [0.15, 0.2) is 36.4 Å². The molecule has 0 fully saturated rings. The molecule has 0 aliphatic rings. The first-order chi connectivity index (χ1) is 6.75. The minimum absolute atomic E-state index is 0.225. The lowest BCUT2D eigenvalue weighted by molar-refractivity contribution is 0.243. The first-order valence-corrected chi connectivity index (χ1v) is 4.82. The zero-order valence-electron chi connectivity index (χ0n) is 8.45. The van der Waals surface area contributed by atoms with Gasteiger partial charge in [0.2, 0.25) is 0 Å². The Hall–Kier alpha value is -1.50. The van der Waals surface area contributed by atoms with Gasteiger partial charge in [0.25, 0.3) is 0 Å². The van der Waals surface area contributed by atoms with Crippen molar-refractivity contribution in [3.05, 3.63) is 42.5 Å². The van der Waals surface area contributed by atoms with Gasteiger partial charge in [-0.25, -0.2) is 0 Å². The molecule has 0 unspecified atom stereocenters. The first kappa shape index (κ1) is 9.07. The number of benzene rings is 2. The zero-order chi connectivity index (χ0) is 9.97. The van der Waals surface area contributed by atoms with Gasteiger partial charge in [-0.2, -0.15) is 0 Å². The van der Waals surface area contributed by atoms with Gasteiger partial charge in [0.05, 0.1) is 6.10 Å². The van der Waals surface area contributed by atoms with E-state index in [0.29, 0.717) is 0 Å². The van der Waals surface area contributed by atoms with Crippen LogP contribution in [0.25, 0.3) is 10.8 Å². The van der Waals surface area contributed by atoms with Crippen molar-refractivity contribution in [1.29, 1.82) is 0 Å². The smallest absolute Gasteiger partial charge is 0.120 e. The summed E-state index contributed by atoms with van der Waals surface area (Å²) in [6.07, 6.45) is 0.225. The van der Waals surface area contributed by atoms with Crippen molar-refractivity contribution in [2.45, 2.75) is 20.0 Å². The fraction of sp³-hybridized carbons (Fsp3) is 0.231. The van der Waals surface area contributed by atoms with E-state index in [1.807, 2.05) is 38.1 Å². The van der Waals surface area contributed by atoms with Crippen molar-refractivity contribution >= 4 is 10.8 Å². The Bertz CT molecular complexity index is 432. The summed E-state index contributed by atoms with van der Waals surface area (Å²) >= 11 is 0. The highest BCUT2D eigenvalue weighted by molar-refractivity contribution is 5.83. The predicted molar refractivity (Wildman–Crippen MR) is 58.5 cm³/mol. The molecule has 1 nitrogen and oxygen atoms in total. The molecule has 0 atom stereocenters. The highest BCUT2D eigenvalue weighted by Gasteiger charge is 1.98. The summed E-state index contributed by atoms with van der Waals surface area (Å²) in [5.74, 6) is 0.929. The Balaban J connectivity index is 2.41. The minimum atomic E-state index is 0.225. The quantitative estimate of drug-likeness (QED) is 0.696. The van der Waals surface area contributed by atoms with Gasteiger partial charge in [0.1, 0.15) is 5.75 Å². The van der Waals surface area contributed by atoms with Crippen LogP contribution in [-0.4, -0.2) is 6.10 Å². The van der Waals surface area contributed by atoms with Gasteiger partial charge in [-0.1, -0.05) is 18.2 Å². The standard InChI is InChI=1S/C13H13O/c1-10(2)14-13-8-7-11-5-3-4-6-12(11)9-13/h4-10H,1-2H3. The molecule has 0 aromatic heterocycles. The van der Waals surface area contributed by atoms with Crippen molar-refractivity contribution in [3.8, 4) is 5.75 Å². The predicted octanol–water partition coefficient (Wildman–Crippen LogP) is 3.43. The van der Waals surface area contributed by atoms with E-state index in [1.165, 1.54) is 10.8 Å². The number of fused-ring (bicyclic) bond motifs is 1. The molecule has 1 heteroatoms. The van der Waals surface area contributed by atoms with Gasteiger partial charge in [-0.3, -0.25) is 0 Å². The Morgan fingerprint density at radius 1 is 1.14 bits per heavy atom. The number of hydrogen-bond acceptors (Lipinski definition) is 1. The van der Waals surface area contributed by atoms with Crippen LogP contribution in [-0.2, 0) is 0 Å². The van der Waals surface area contributed by atoms with Crippen LogP contribution in [0.3, 0.4) is 0 Å². The molecule has 0 aliphatic heterocycles. The third-order valence-corrected chi connectivity index (χ3v) is 2.03. The Morgan fingerprint density at radius 2 is 2.00 bits per heavy atom. The van der Waals surface area contributed by atoms with Crippen molar-refractivity contribution in [1.82, 2.24) is 0 Å². The SMILES string of the molecule is CC(C)Oc1ccc2c[c]ccc2c1. The van der Waals surface area contributed by atoms with Crippen LogP contribution in [0.5, 0.6) is 5.75 Å². The highest BCUT2D eigenvalue weighted by Crippen LogP contribution is 2.20. The van der Waals surface area contributed by atoms with Crippen LogP contribution in [0.4, 0.5) is 0 Å². The summed E-state index contributed by atoms with van der Waals surface area (Å²) in [5, 5.41) is 2.39. The van der Waals surface area contributed by atoms with Crippen LogP contribution < -0.4 is 4.74 Å². The molecule has 0 bridgehead atoms. The summed E-state index contributed by atoms with van der Waals surface area (Å²) in [4.78, 5) is 0. The van der Waals surface area contributed by atoms with Gasteiger partial charge < -0.3 is 4.74 Å². The molecule has 71 valence electrons. The first-order valence-electron chi connectivity index (χ1n) is 4.82. The summed E-state index contributed by atoms with van der Waals surface area (Å²) in [6, 6.07) is 15.1. The van der Waals surface area contributed by atoms with Gasteiger partial charge >= 0.3 is 0 Å². The molecule has 1 radical (unpaired) electrons. The maximum Gasteiger partial charge on any atom is 0.120 e. The van der Waals surface area contributed by atoms with E-state index < -0.39 is 0 Å². The number of rotatable bonds is 2. The molecule has 2 aromatic carbocycles. The fourth-order valence-electron chi connectivity index (χ4n) is 1.45. The molecule has 0 saturated carbocycles. The molecule has 2 rings (SSSR count). The second-order valence-corrected chi connectivity index (χ2v) is 3.60. The molecule has 0 amide bonds. The number of hydrogen-bond donors (Lipinski definition) is 0. The maximum atomic E-state index is 5.61. The summed E-state index contributed by atoms with van der Waals surface area (Å²) in [7, 11) is 0. The van der Waals surface area contributed by atoms with Crippen molar-refractivity contribution < 1.29 is 4.74 Å². The molecule has 0 N–H and O–H groups in total. The second-order valence-electron chi connectivity index (χ2n) is 3.60. The minimum Gasteiger partial charge on any atom is -0.491 e. The normalized spacial score (nSPS) is 10.8. The van der Waals surface area contributed by atoms with E-state index in [9.17, 15) is 0 Å². The third kappa shape index (κ3) is 1.87. The van der Waals surface area contributed by atoms with Crippen LogP contribution in [0, 0.1) is 6.07 Å². The Kier molecular flexibility index (Phi) is 2.40. The highest BCUT2D eigenvalue weighted by atomic mass is 16.5. The van der Waals surface area contributed by atoms with E-state index in [1.54, 1.807) is 0 Å². The van der Waals surface area contributed by atoms with Gasteiger partial charge in [0.15, 0.2) is 0 Å². The average molecular weight is 185 g/mol. The summed E-state index contributed by atoms with van der Waals surface area (Å²) in [5.41, 5.74) is 0. The fourth-order valence-corrected chi connectivity index (χ4v) is 1.45. The summed E-state index contributed by atoms with van der Waals surface area (Å²) in [6.45, 7) is 4.06. The molecular formula is C13H13O. The third-order valence-electron chi connectivity index (χ3n) is 2.03. The Labute approximate surface area is 84.3 Å². The molecule has 0 spiro atoms. The lowest BCUT2D eigenvalue weighted by atomic mass is 10.1. The largest absolute Gasteiger partial charge is 0.491 e. The topological polar surface area (TPSA) is 9.23 Å². The average Bonchev–Trinajstić information content (AvgIpc) is 2.17. The van der Waals surface area contributed by atoms with Gasteiger partial charge in [0, 0.05) is 0 Å². The lowest BCUT2D eigenvalue weighted by Crippen LogP contribution is -2.05. The molecule has 0 heterocycles. The molecule has 0 saturated heterocycles. The van der Waals surface area contributed by atoms with E-state index in [4.69, 9.17) is 4.74 Å². The monoisotopic (exact) mass is 185 g/mol. The van der Waals surface area contributed by atoms with Crippen LogP contribution >= 0.6 is 0 Å². The lowest BCUT2D eigenvalue weighted by Gasteiger charge is -2.09. The van der Waals surface area contributed by atoms with E-state index in [-0.39, 0.29) is 6.10 Å². The van der Waals surface area contributed by atoms with Crippen molar-refractivity contribution in [3.63, 3.8) is 0 Å². The number of ether oxygens (including phenoxy) is 1. The van der Waals surface area contributed by atoms with Gasteiger partial charge in [-0.15, -0.1) is 0 Å². The molecule has 0 aliphatic carbocycles. The second kappa shape index (κ2) is 3.70. The van der Waals surface area contributed by atoms with Crippen LogP contribution in [0.1, 0.15) is 13.8 Å². The molecule has 2 aromatic rings. The van der Waals surface area contributed by atoms with Gasteiger partial charge in [-0.05, 0) is 48.9 Å². The molecular weight excluding hydrogens is 172 g/mol. The van der Waals surface area contributed by atoms with E-state index >= 15 is 0 Å². The van der Waals surface area contributed by atoms with Crippen molar-refractivity contribution in [2.24, 2.45) is 0 Å². The maximum absolute atomic E-state index is 5.61. The van der Waals surface area contributed by atoms with Crippen molar-refractivity contribution in [2.75, 3.05) is 0 Å². The van der Waals surface area contributed by atoms with E-state index in [2.05, 4.69) is 18.2 Å². The summed E-state index contributed by atoms with van der Waals surface area (Å²) < 4.78 is 5.61. The zero-order valence-corrected chi connectivity index (χ0v) is 8.45. The van der Waals surface area contributed by atoms with Crippen LogP contribution in [0.2, 0.25) is 0 Å².